The molecule has 0 aliphatic carbocycles. The lowest BCUT2D eigenvalue weighted by Crippen LogP contribution is -2.50. The van der Waals surface area contributed by atoms with Gasteiger partial charge in [0.2, 0.25) is 0 Å². The van der Waals surface area contributed by atoms with E-state index in [4.69, 9.17) is 4.74 Å². The number of hydrogen-bond donors (Lipinski definition) is 0. The molecule has 2 fully saturated rings. The van der Waals surface area contributed by atoms with Crippen molar-refractivity contribution in [2.45, 2.75) is 30.6 Å². The Morgan fingerprint density at radius 1 is 1.35 bits per heavy atom. The standard InChI is InChI=1S/C11H11F3O8S/c1-2-6(15)19-3-7(16)21-8-5-4-23(17,18)22-9(8)10(20-5)11(12,13)14/h2,5,8-10H,1,3-4H2. The van der Waals surface area contributed by atoms with E-state index >= 15 is 0 Å². The molecule has 130 valence electrons. The summed E-state index contributed by atoms with van der Waals surface area (Å²) in [5.41, 5.74) is 0. The van der Waals surface area contributed by atoms with Gasteiger partial charge in [0, 0.05) is 6.08 Å². The first-order valence-electron chi connectivity index (χ1n) is 6.15. The molecule has 12 heteroatoms. The zero-order chi connectivity index (χ0) is 17.4. The molecule has 0 amide bonds. The summed E-state index contributed by atoms with van der Waals surface area (Å²) in [6.45, 7) is 2.21. The highest BCUT2D eigenvalue weighted by Crippen LogP contribution is 2.40. The Bertz CT molecular complexity index is 613. The summed E-state index contributed by atoms with van der Waals surface area (Å²) in [6, 6.07) is 0. The molecule has 4 unspecified atom stereocenters. The van der Waals surface area contributed by atoms with Gasteiger partial charge in [-0.2, -0.15) is 21.6 Å². The minimum Gasteiger partial charge on any atom is -0.454 e. The molecule has 2 saturated heterocycles. The fraction of sp³-hybridized carbons (Fsp3) is 0.636. The smallest absolute Gasteiger partial charge is 0.417 e. The van der Waals surface area contributed by atoms with Crippen LogP contribution in [0.15, 0.2) is 12.7 Å². The third-order valence-corrected chi connectivity index (χ3v) is 4.28. The van der Waals surface area contributed by atoms with Crippen LogP contribution in [0.5, 0.6) is 0 Å². The van der Waals surface area contributed by atoms with E-state index in [9.17, 15) is 31.2 Å². The third kappa shape index (κ3) is 4.00. The number of halogens is 3. The molecular weight excluding hydrogens is 349 g/mol. The molecule has 0 spiro atoms. The van der Waals surface area contributed by atoms with E-state index in [1.165, 1.54) is 0 Å². The van der Waals surface area contributed by atoms with Crippen molar-refractivity contribution >= 4 is 22.1 Å². The van der Waals surface area contributed by atoms with Gasteiger partial charge in [-0.25, -0.2) is 9.59 Å². The Morgan fingerprint density at radius 3 is 2.57 bits per heavy atom. The van der Waals surface area contributed by atoms with Crippen LogP contribution in [0.2, 0.25) is 0 Å². The van der Waals surface area contributed by atoms with Gasteiger partial charge in [-0.3, -0.25) is 4.18 Å². The predicted octanol–water partition coefficient (Wildman–Crippen LogP) is -0.314. The monoisotopic (exact) mass is 360 g/mol. The number of hydrogen-bond acceptors (Lipinski definition) is 8. The summed E-state index contributed by atoms with van der Waals surface area (Å²) in [6.07, 6.45) is -11.8. The highest BCUT2D eigenvalue weighted by Gasteiger charge is 2.63. The second-order valence-electron chi connectivity index (χ2n) is 4.69. The molecule has 2 aliphatic rings. The number of ether oxygens (including phenoxy) is 3. The molecule has 0 aromatic carbocycles. The van der Waals surface area contributed by atoms with Crippen molar-refractivity contribution in [3.8, 4) is 0 Å². The Kier molecular flexibility index (Phi) is 4.69. The Morgan fingerprint density at radius 2 is 2.00 bits per heavy atom. The predicted molar refractivity (Wildman–Crippen MR) is 64.4 cm³/mol. The van der Waals surface area contributed by atoms with Crippen molar-refractivity contribution < 1.29 is 49.6 Å². The van der Waals surface area contributed by atoms with Gasteiger partial charge in [-0.1, -0.05) is 6.58 Å². The summed E-state index contributed by atoms with van der Waals surface area (Å²) in [5.74, 6) is -2.99. The molecule has 2 aliphatic heterocycles. The van der Waals surface area contributed by atoms with Crippen LogP contribution in [0, 0.1) is 0 Å². The average Bonchev–Trinajstić information content (AvgIpc) is 2.64. The van der Waals surface area contributed by atoms with Crippen molar-refractivity contribution in [3.63, 3.8) is 0 Å². The lowest BCUT2D eigenvalue weighted by Gasteiger charge is -2.28. The van der Waals surface area contributed by atoms with E-state index in [-0.39, 0.29) is 0 Å². The SMILES string of the molecule is C=CC(=O)OCC(=O)OC1C2CS(=O)(=O)OC1C(C(F)(F)F)O2. The number of esters is 2. The molecule has 0 aromatic heterocycles. The van der Waals surface area contributed by atoms with E-state index in [1.54, 1.807) is 0 Å². The second-order valence-corrected chi connectivity index (χ2v) is 6.33. The number of fused-ring (bicyclic) bond motifs is 2. The van der Waals surface area contributed by atoms with Gasteiger partial charge >= 0.3 is 18.1 Å². The molecule has 2 bridgehead atoms. The normalized spacial score (nSPS) is 32.1. The van der Waals surface area contributed by atoms with Gasteiger partial charge in [0.15, 0.2) is 24.9 Å². The topological polar surface area (TPSA) is 105 Å². The maximum Gasteiger partial charge on any atom is 0.417 e. The zero-order valence-electron chi connectivity index (χ0n) is 11.3. The lowest BCUT2D eigenvalue weighted by molar-refractivity contribution is -0.225. The quantitative estimate of drug-likeness (QED) is 0.382. The van der Waals surface area contributed by atoms with Crippen molar-refractivity contribution in [2.75, 3.05) is 12.4 Å². The van der Waals surface area contributed by atoms with Crippen LogP contribution >= 0.6 is 0 Å². The van der Waals surface area contributed by atoms with Gasteiger partial charge < -0.3 is 14.2 Å². The van der Waals surface area contributed by atoms with Gasteiger partial charge in [-0.15, -0.1) is 0 Å². The number of carbonyl (C=O) groups is 2. The van der Waals surface area contributed by atoms with Crippen LogP contribution in [-0.4, -0.2) is 63.3 Å². The van der Waals surface area contributed by atoms with Crippen LogP contribution in [0.1, 0.15) is 0 Å². The van der Waals surface area contributed by atoms with Crippen molar-refractivity contribution in [1.82, 2.24) is 0 Å². The number of rotatable bonds is 4. The Hall–Kier alpha value is -1.66. The molecule has 23 heavy (non-hydrogen) atoms. The van der Waals surface area contributed by atoms with Crippen LogP contribution in [0.25, 0.3) is 0 Å². The molecule has 8 nitrogen and oxygen atoms in total. The van der Waals surface area contributed by atoms with Gasteiger partial charge in [0.1, 0.15) is 11.9 Å². The van der Waals surface area contributed by atoms with Crippen LogP contribution in [0.4, 0.5) is 13.2 Å². The summed E-state index contributed by atoms with van der Waals surface area (Å²) in [7, 11) is -4.23. The van der Waals surface area contributed by atoms with E-state index in [0.717, 1.165) is 6.08 Å². The van der Waals surface area contributed by atoms with Crippen LogP contribution < -0.4 is 0 Å². The van der Waals surface area contributed by atoms with Gasteiger partial charge in [0.05, 0.1) is 0 Å². The van der Waals surface area contributed by atoms with Crippen molar-refractivity contribution in [1.29, 1.82) is 0 Å². The van der Waals surface area contributed by atoms with E-state index < -0.39 is 65.0 Å². The van der Waals surface area contributed by atoms with E-state index in [1.807, 2.05) is 0 Å². The van der Waals surface area contributed by atoms with E-state index in [0.29, 0.717) is 0 Å². The summed E-state index contributed by atoms with van der Waals surface area (Å²) >= 11 is 0. The summed E-state index contributed by atoms with van der Waals surface area (Å²) in [4.78, 5) is 22.3. The minimum atomic E-state index is -4.90. The zero-order valence-corrected chi connectivity index (χ0v) is 12.1. The molecule has 0 N–H and O–H groups in total. The molecule has 2 heterocycles. The molecule has 4 atom stereocenters. The number of carbonyl (C=O) groups excluding carboxylic acids is 2. The van der Waals surface area contributed by atoms with E-state index in [2.05, 4.69) is 20.2 Å². The number of alkyl halides is 3. The summed E-state index contributed by atoms with van der Waals surface area (Å²) in [5, 5.41) is 0. The Labute approximate surface area is 128 Å². The fourth-order valence-corrected chi connectivity index (χ4v) is 3.46. The molecule has 0 saturated carbocycles. The first-order chi connectivity index (χ1) is 10.5. The highest BCUT2D eigenvalue weighted by molar-refractivity contribution is 7.86. The first-order valence-corrected chi connectivity index (χ1v) is 7.73. The Balaban J connectivity index is 2.09. The van der Waals surface area contributed by atoms with Gasteiger partial charge in [-0.05, 0) is 0 Å². The van der Waals surface area contributed by atoms with Crippen LogP contribution in [-0.2, 0) is 38.1 Å². The van der Waals surface area contributed by atoms with Crippen molar-refractivity contribution in [2.24, 2.45) is 0 Å². The highest BCUT2D eigenvalue weighted by atomic mass is 32.2. The third-order valence-electron chi connectivity index (χ3n) is 3.03. The largest absolute Gasteiger partial charge is 0.454 e. The summed E-state index contributed by atoms with van der Waals surface area (Å²) < 4.78 is 79.4. The van der Waals surface area contributed by atoms with Crippen LogP contribution in [0.3, 0.4) is 0 Å². The second kappa shape index (κ2) is 6.09. The molecular formula is C11H11F3O8S. The first kappa shape index (κ1) is 17.7. The van der Waals surface area contributed by atoms with Crippen molar-refractivity contribution in [3.05, 3.63) is 12.7 Å². The average molecular weight is 360 g/mol. The molecule has 0 radical (unpaired) electrons. The minimum absolute atomic E-state index is 0.774. The maximum absolute atomic E-state index is 12.8. The van der Waals surface area contributed by atoms with Gasteiger partial charge in [0.25, 0.3) is 10.1 Å². The molecule has 2 rings (SSSR count). The lowest BCUT2D eigenvalue weighted by atomic mass is 10.1. The maximum atomic E-state index is 12.8. The fourth-order valence-electron chi connectivity index (χ4n) is 2.16. The molecule has 0 aromatic rings.